The predicted octanol–water partition coefficient (Wildman–Crippen LogP) is 3.54. The Hall–Kier alpha value is -2.09. The van der Waals surface area contributed by atoms with Crippen LogP contribution in [0.5, 0.6) is 0 Å². The lowest BCUT2D eigenvalue weighted by atomic mass is 10.1. The second-order valence-corrected chi connectivity index (χ2v) is 4.98. The molecule has 2 rings (SSSR count). The summed E-state index contributed by atoms with van der Waals surface area (Å²) < 4.78 is 0. The highest BCUT2D eigenvalue weighted by molar-refractivity contribution is 5.94. The Bertz CT molecular complexity index is 585. The van der Waals surface area contributed by atoms with Gasteiger partial charge >= 0.3 is 0 Å². The highest BCUT2D eigenvalue weighted by Crippen LogP contribution is 2.10. The Morgan fingerprint density at radius 1 is 0.947 bits per heavy atom. The molecule has 0 unspecified atom stereocenters. The van der Waals surface area contributed by atoms with Crippen LogP contribution in [0.1, 0.15) is 32.6 Å². The van der Waals surface area contributed by atoms with E-state index in [1.165, 1.54) is 11.1 Å². The molecule has 0 aliphatic heterocycles. The van der Waals surface area contributed by atoms with Crippen LogP contribution in [0.25, 0.3) is 0 Å². The maximum Gasteiger partial charge on any atom is 0.251 e. The SMILES string of the molecule is Cc1ccc(C(=O)NCc2ccc(C)cc2C)cc1. The van der Waals surface area contributed by atoms with E-state index < -0.39 is 0 Å². The Morgan fingerprint density at radius 2 is 1.58 bits per heavy atom. The molecule has 19 heavy (non-hydrogen) atoms. The van der Waals surface area contributed by atoms with Crippen molar-refractivity contribution in [3.63, 3.8) is 0 Å². The first-order valence-corrected chi connectivity index (χ1v) is 6.47. The zero-order valence-corrected chi connectivity index (χ0v) is 11.7. The summed E-state index contributed by atoms with van der Waals surface area (Å²) in [6, 6.07) is 13.9. The smallest absolute Gasteiger partial charge is 0.251 e. The van der Waals surface area contributed by atoms with Crippen LogP contribution in [0.2, 0.25) is 0 Å². The summed E-state index contributed by atoms with van der Waals surface area (Å²) in [7, 11) is 0. The Labute approximate surface area is 114 Å². The zero-order chi connectivity index (χ0) is 13.8. The summed E-state index contributed by atoms with van der Waals surface area (Å²) in [5.41, 5.74) is 5.47. The van der Waals surface area contributed by atoms with E-state index in [-0.39, 0.29) is 5.91 Å². The van der Waals surface area contributed by atoms with Crippen molar-refractivity contribution in [3.05, 3.63) is 70.3 Å². The summed E-state index contributed by atoms with van der Waals surface area (Å²) in [6.07, 6.45) is 0. The molecule has 0 atom stereocenters. The van der Waals surface area contributed by atoms with Crippen molar-refractivity contribution < 1.29 is 4.79 Å². The van der Waals surface area contributed by atoms with E-state index in [1.54, 1.807) is 0 Å². The fraction of sp³-hybridized carbons (Fsp3) is 0.235. The molecule has 2 heteroatoms. The lowest BCUT2D eigenvalue weighted by Gasteiger charge is -2.09. The number of carbonyl (C=O) groups is 1. The van der Waals surface area contributed by atoms with E-state index in [4.69, 9.17) is 0 Å². The predicted molar refractivity (Wildman–Crippen MR) is 78.3 cm³/mol. The standard InChI is InChI=1S/C17H19NO/c1-12-4-7-15(8-5-12)17(19)18-11-16-9-6-13(2)10-14(16)3/h4-10H,11H2,1-3H3,(H,18,19). The van der Waals surface area contributed by atoms with E-state index in [1.807, 2.05) is 31.2 Å². The van der Waals surface area contributed by atoms with Gasteiger partial charge in [0.05, 0.1) is 0 Å². The van der Waals surface area contributed by atoms with Gasteiger partial charge in [0, 0.05) is 12.1 Å². The summed E-state index contributed by atoms with van der Waals surface area (Å²) in [6.45, 7) is 6.72. The summed E-state index contributed by atoms with van der Waals surface area (Å²) in [5.74, 6) is -0.0278. The van der Waals surface area contributed by atoms with Crippen LogP contribution in [0.3, 0.4) is 0 Å². The van der Waals surface area contributed by atoms with Gasteiger partial charge in [-0.15, -0.1) is 0 Å². The maximum atomic E-state index is 12.0. The van der Waals surface area contributed by atoms with E-state index >= 15 is 0 Å². The summed E-state index contributed by atoms with van der Waals surface area (Å²) >= 11 is 0. The number of hydrogen-bond donors (Lipinski definition) is 1. The molecule has 0 aliphatic carbocycles. The van der Waals surface area contributed by atoms with Crippen LogP contribution in [0.4, 0.5) is 0 Å². The molecule has 1 N–H and O–H groups in total. The van der Waals surface area contributed by atoms with Gasteiger partial charge in [-0.3, -0.25) is 4.79 Å². The Balaban J connectivity index is 2.02. The first-order chi connectivity index (χ1) is 9.06. The summed E-state index contributed by atoms with van der Waals surface area (Å²) in [5, 5.41) is 2.96. The van der Waals surface area contributed by atoms with Crippen LogP contribution in [0.15, 0.2) is 42.5 Å². The van der Waals surface area contributed by atoms with Crippen molar-refractivity contribution in [3.8, 4) is 0 Å². The Kier molecular flexibility index (Phi) is 4.00. The molecule has 0 saturated heterocycles. The quantitative estimate of drug-likeness (QED) is 0.890. The molecule has 2 aromatic carbocycles. The second kappa shape index (κ2) is 5.70. The van der Waals surface area contributed by atoms with Gasteiger partial charge in [-0.2, -0.15) is 0 Å². The molecule has 2 aromatic rings. The number of amides is 1. The normalized spacial score (nSPS) is 10.3. The van der Waals surface area contributed by atoms with Crippen LogP contribution in [-0.4, -0.2) is 5.91 Å². The van der Waals surface area contributed by atoms with Gasteiger partial charge in [-0.05, 0) is 44.0 Å². The molecule has 1 amide bonds. The van der Waals surface area contributed by atoms with E-state index in [9.17, 15) is 4.79 Å². The molecule has 2 nitrogen and oxygen atoms in total. The van der Waals surface area contributed by atoms with E-state index in [0.29, 0.717) is 12.1 Å². The third kappa shape index (κ3) is 3.44. The minimum atomic E-state index is -0.0278. The molecular formula is C17H19NO. The number of hydrogen-bond acceptors (Lipinski definition) is 1. The van der Waals surface area contributed by atoms with Gasteiger partial charge in [-0.1, -0.05) is 41.5 Å². The fourth-order valence-electron chi connectivity index (χ4n) is 2.03. The van der Waals surface area contributed by atoms with Gasteiger partial charge in [0.15, 0.2) is 0 Å². The van der Waals surface area contributed by atoms with Gasteiger partial charge < -0.3 is 5.32 Å². The number of aryl methyl sites for hydroxylation is 3. The van der Waals surface area contributed by atoms with Crippen molar-refractivity contribution in [1.29, 1.82) is 0 Å². The number of benzene rings is 2. The first kappa shape index (κ1) is 13.3. The second-order valence-electron chi connectivity index (χ2n) is 4.98. The zero-order valence-electron chi connectivity index (χ0n) is 11.7. The highest BCUT2D eigenvalue weighted by Gasteiger charge is 2.05. The lowest BCUT2D eigenvalue weighted by molar-refractivity contribution is 0.0951. The van der Waals surface area contributed by atoms with Crippen molar-refractivity contribution in [2.45, 2.75) is 27.3 Å². The topological polar surface area (TPSA) is 29.1 Å². The first-order valence-electron chi connectivity index (χ1n) is 6.47. The average Bonchev–Trinajstić information content (AvgIpc) is 2.38. The summed E-state index contributed by atoms with van der Waals surface area (Å²) in [4.78, 5) is 12.0. The van der Waals surface area contributed by atoms with Crippen molar-refractivity contribution in [2.24, 2.45) is 0 Å². The van der Waals surface area contributed by atoms with Crippen molar-refractivity contribution in [1.82, 2.24) is 5.32 Å². The van der Waals surface area contributed by atoms with Gasteiger partial charge in [-0.25, -0.2) is 0 Å². The molecule has 0 aliphatic rings. The van der Waals surface area contributed by atoms with E-state index in [2.05, 4.69) is 37.4 Å². The largest absolute Gasteiger partial charge is 0.348 e. The van der Waals surface area contributed by atoms with Crippen LogP contribution < -0.4 is 5.32 Å². The molecule has 0 aromatic heterocycles. The van der Waals surface area contributed by atoms with Crippen molar-refractivity contribution in [2.75, 3.05) is 0 Å². The van der Waals surface area contributed by atoms with Crippen LogP contribution >= 0.6 is 0 Å². The third-order valence-corrected chi connectivity index (χ3v) is 3.25. The lowest BCUT2D eigenvalue weighted by Crippen LogP contribution is -2.23. The molecule has 0 bridgehead atoms. The minimum absolute atomic E-state index is 0.0278. The molecule has 0 spiro atoms. The van der Waals surface area contributed by atoms with E-state index in [0.717, 1.165) is 11.1 Å². The molecule has 0 saturated carbocycles. The van der Waals surface area contributed by atoms with Crippen LogP contribution in [-0.2, 0) is 6.54 Å². The molecule has 0 heterocycles. The van der Waals surface area contributed by atoms with Crippen molar-refractivity contribution >= 4 is 5.91 Å². The van der Waals surface area contributed by atoms with Gasteiger partial charge in [0.1, 0.15) is 0 Å². The monoisotopic (exact) mass is 253 g/mol. The molecular weight excluding hydrogens is 234 g/mol. The average molecular weight is 253 g/mol. The van der Waals surface area contributed by atoms with Gasteiger partial charge in [0.2, 0.25) is 0 Å². The van der Waals surface area contributed by atoms with Gasteiger partial charge in [0.25, 0.3) is 5.91 Å². The maximum absolute atomic E-state index is 12.0. The fourth-order valence-corrected chi connectivity index (χ4v) is 2.03. The number of nitrogens with one attached hydrogen (secondary N) is 1. The Morgan fingerprint density at radius 3 is 2.21 bits per heavy atom. The number of carbonyl (C=O) groups excluding carboxylic acids is 1. The minimum Gasteiger partial charge on any atom is -0.348 e. The molecule has 0 fully saturated rings. The molecule has 98 valence electrons. The van der Waals surface area contributed by atoms with Crippen LogP contribution in [0, 0.1) is 20.8 Å². The third-order valence-electron chi connectivity index (χ3n) is 3.25. The molecule has 0 radical (unpaired) electrons. The number of rotatable bonds is 3. The highest BCUT2D eigenvalue weighted by atomic mass is 16.1.